The fraction of sp³-hybridized carbons (Fsp3) is 0.500. The van der Waals surface area contributed by atoms with Crippen LogP contribution >= 0.6 is 22.6 Å². The standard InChI is InChI=1S/C6H6F3IN2/c1-4-5(10)2-11-12(4)3-6(7,8)9/h2H,3H2,1H3. The Kier molecular flexibility index (Phi) is 2.64. The minimum Gasteiger partial charge on any atom is -0.260 e. The molecule has 0 saturated carbocycles. The van der Waals surface area contributed by atoms with E-state index in [1.165, 1.54) is 6.20 Å². The highest BCUT2D eigenvalue weighted by Gasteiger charge is 2.29. The Morgan fingerprint density at radius 1 is 1.58 bits per heavy atom. The van der Waals surface area contributed by atoms with Crippen LogP contribution in [0.2, 0.25) is 0 Å². The van der Waals surface area contributed by atoms with Crippen molar-refractivity contribution in [3.63, 3.8) is 0 Å². The van der Waals surface area contributed by atoms with Gasteiger partial charge >= 0.3 is 6.18 Å². The summed E-state index contributed by atoms with van der Waals surface area (Å²) in [7, 11) is 0. The van der Waals surface area contributed by atoms with Gasteiger partial charge in [0, 0.05) is 5.69 Å². The van der Waals surface area contributed by atoms with E-state index < -0.39 is 12.7 Å². The van der Waals surface area contributed by atoms with Gasteiger partial charge in [0.15, 0.2) is 0 Å². The molecule has 0 aliphatic rings. The molecule has 68 valence electrons. The third-order valence-electron chi connectivity index (χ3n) is 1.37. The summed E-state index contributed by atoms with van der Waals surface area (Å²) in [4.78, 5) is 0. The summed E-state index contributed by atoms with van der Waals surface area (Å²) < 4.78 is 37.3. The fourth-order valence-electron chi connectivity index (χ4n) is 0.753. The lowest BCUT2D eigenvalue weighted by Crippen LogP contribution is -2.19. The topological polar surface area (TPSA) is 17.8 Å². The lowest BCUT2D eigenvalue weighted by Gasteiger charge is -2.07. The van der Waals surface area contributed by atoms with E-state index in [0.717, 1.165) is 8.25 Å². The van der Waals surface area contributed by atoms with Crippen LogP contribution in [0.3, 0.4) is 0 Å². The Morgan fingerprint density at radius 2 is 2.17 bits per heavy atom. The largest absolute Gasteiger partial charge is 0.408 e. The summed E-state index contributed by atoms with van der Waals surface area (Å²) in [5.74, 6) is 0. The number of alkyl halides is 3. The van der Waals surface area contributed by atoms with E-state index in [1.807, 2.05) is 22.6 Å². The summed E-state index contributed by atoms with van der Waals surface area (Å²) in [6, 6.07) is 0. The summed E-state index contributed by atoms with van der Waals surface area (Å²) in [6.07, 6.45) is -2.78. The molecule has 0 unspecified atom stereocenters. The normalized spacial score (nSPS) is 12.1. The molecule has 12 heavy (non-hydrogen) atoms. The van der Waals surface area contributed by atoms with Crippen LogP contribution in [0.25, 0.3) is 0 Å². The third-order valence-corrected chi connectivity index (χ3v) is 2.43. The summed E-state index contributed by atoms with van der Waals surface area (Å²) in [5, 5.41) is 3.59. The monoisotopic (exact) mass is 290 g/mol. The molecule has 0 aliphatic carbocycles. The first-order chi connectivity index (χ1) is 5.40. The molecule has 0 atom stereocenters. The molecule has 0 aliphatic heterocycles. The molecule has 1 aromatic rings. The Labute approximate surface area is 80.9 Å². The summed E-state index contributed by atoms with van der Waals surface area (Å²) >= 11 is 1.95. The van der Waals surface area contributed by atoms with E-state index in [1.54, 1.807) is 6.92 Å². The summed E-state index contributed by atoms with van der Waals surface area (Å²) in [6.45, 7) is 0.600. The highest BCUT2D eigenvalue weighted by molar-refractivity contribution is 14.1. The van der Waals surface area contributed by atoms with Crippen molar-refractivity contribution < 1.29 is 13.2 Å². The van der Waals surface area contributed by atoms with Gasteiger partial charge in [-0.25, -0.2) is 0 Å². The first-order valence-electron chi connectivity index (χ1n) is 3.15. The van der Waals surface area contributed by atoms with E-state index in [-0.39, 0.29) is 0 Å². The van der Waals surface area contributed by atoms with Gasteiger partial charge in [-0.1, -0.05) is 0 Å². The zero-order valence-electron chi connectivity index (χ0n) is 6.19. The fourth-order valence-corrected chi connectivity index (χ4v) is 1.16. The second-order valence-corrected chi connectivity index (χ2v) is 3.51. The van der Waals surface area contributed by atoms with Gasteiger partial charge in [-0.3, -0.25) is 4.68 Å². The van der Waals surface area contributed by atoms with Crippen molar-refractivity contribution >= 4 is 22.6 Å². The van der Waals surface area contributed by atoms with Crippen molar-refractivity contribution in [2.45, 2.75) is 19.6 Å². The van der Waals surface area contributed by atoms with Crippen molar-refractivity contribution in [3.8, 4) is 0 Å². The number of hydrogen-bond donors (Lipinski definition) is 0. The average molecular weight is 290 g/mol. The maximum Gasteiger partial charge on any atom is 0.408 e. The minimum atomic E-state index is -4.19. The highest BCUT2D eigenvalue weighted by Crippen LogP contribution is 2.19. The van der Waals surface area contributed by atoms with E-state index in [4.69, 9.17) is 0 Å². The molecular weight excluding hydrogens is 284 g/mol. The molecule has 2 nitrogen and oxygen atoms in total. The molecule has 0 spiro atoms. The van der Waals surface area contributed by atoms with Gasteiger partial charge in [0.05, 0.1) is 9.77 Å². The van der Waals surface area contributed by atoms with Gasteiger partial charge in [-0.2, -0.15) is 18.3 Å². The van der Waals surface area contributed by atoms with Gasteiger partial charge in [-0.15, -0.1) is 0 Å². The van der Waals surface area contributed by atoms with Crippen molar-refractivity contribution in [2.24, 2.45) is 0 Å². The first-order valence-corrected chi connectivity index (χ1v) is 4.22. The molecule has 0 radical (unpaired) electrons. The molecule has 1 heterocycles. The van der Waals surface area contributed by atoms with Crippen molar-refractivity contribution in [1.82, 2.24) is 9.78 Å². The van der Waals surface area contributed by atoms with Crippen molar-refractivity contribution in [3.05, 3.63) is 15.5 Å². The van der Waals surface area contributed by atoms with E-state index in [2.05, 4.69) is 5.10 Å². The number of halogens is 4. The average Bonchev–Trinajstić information content (AvgIpc) is 2.16. The molecule has 6 heteroatoms. The predicted molar refractivity (Wildman–Crippen MR) is 45.7 cm³/mol. The molecule has 1 aromatic heterocycles. The lowest BCUT2D eigenvalue weighted by molar-refractivity contribution is -0.142. The van der Waals surface area contributed by atoms with Crippen molar-refractivity contribution in [1.29, 1.82) is 0 Å². The molecular formula is C6H6F3IN2. The van der Waals surface area contributed by atoms with Crippen LogP contribution in [0.1, 0.15) is 5.69 Å². The van der Waals surface area contributed by atoms with Crippen molar-refractivity contribution in [2.75, 3.05) is 0 Å². The van der Waals surface area contributed by atoms with Crippen LogP contribution in [-0.2, 0) is 6.54 Å². The van der Waals surface area contributed by atoms with E-state index >= 15 is 0 Å². The molecule has 1 rings (SSSR count). The summed E-state index contributed by atoms with van der Waals surface area (Å²) in [5.41, 5.74) is 0.549. The van der Waals surface area contributed by atoms with E-state index in [0.29, 0.717) is 5.69 Å². The Bertz CT molecular complexity index is 279. The van der Waals surface area contributed by atoms with Gasteiger partial charge in [0.2, 0.25) is 0 Å². The van der Waals surface area contributed by atoms with Crippen LogP contribution in [0.5, 0.6) is 0 Å². The molecule has 0 aromatic carbocycles. The molecule has 0 fully saturated rings. The van der Waals surface area contributed by atoms with Crippen LogP contribution in [0.15, 0.2) is 6.20 Å². The lowest BCUT2D eigenvalue weighted by atomic mass is 10.5. The second kappa shape index (κ2) is 3.23. The molecule has 0 N–H and O–H groups in total. The van der Waals surface area contributed by atoms with Crippen LogP contribution in [0.4, 0.5) is 13.2 Å². The SMILES string of the molecule is Cc1c(I)cnn1CC(F)(F)F. The molecule has 0 bridgehead atoms. The van der Waals surface area contributed by atoms with Gasteiger partial charge < -0.3 is 0 Å². The van der Waals surface area contributed by atoms with Crippen LogP contribution in [-0.4, -0.2) is 16.0 Å². The Morgan fingerprint density at radius 3 is 2.50 bits per heavy atom. The number of aromatic nitrogens is 2. The number of hydrogen-bond acceptors (Lipinski definition) is 1. The maximum absolute atomic E-state index is 11.9. The molecule has 0 saturated heterocycles. The highest BCUT2D eigenvalue weighted by atomic mass is 127. The van der Waals surface area contributed by atoms with Gasteiger partial charge in [-0.05, 0) is 29.5 Å². The maximum atomic E-state index is 11.9. The van der Waals surface area contributed by atoms with Crippen LogP contribution in [0, 0.1) is 10.5 Å². The number of nitrogens with zero attached hydrogens (tertiary/aromatic N) is 2. The van der Waals surface area contributed by atoms with Gasteiger partial charge in [0.25, 0.3) is 0 Å². The quantitative estimate of drug-likeness (QED) is 0.726. The first kappa shape index (κ1) is 9.82. The Hall–Kier alpha value is -0.270. The third kappa shape index (κ3) is 2.36. The second-order valence-electron chi connectivity index (χ2n) is 2.35. The smallest absolute Gasteiger partial charge is 0.260 e. The van der Waals surface area contributed by atoms with E-state index in [9.17, 15) is 13.2 Å². The zero-order valence-corrected chi connectivity index (χ0v) is 8.35. The predicted octanol–water partition coefficient (Wildman–Crippen LogP) is 2.36. The van der Waals surface area contributed by atoms with Gasteiger partial charge in [0.1, 0.15) is 6.54 Å². The Balaban J connectivity index is 2.83. The minimum absolute atomic E-state index is 0.549. The number of rotatable bonds is 1. The molecule has 0 amide bonds. The van der Waals surface area contributed by atoms with Crippen LogP contribution < -0.4 is 0 Å². The zero-order chi connectivity index (χ0) is 9.35.